The lowest BCUT2D eigenvalue weighted by atomic mass is 10.0. The minimum atomic E-state index is -1.21. The normalized spacial score (nSPS) is 13.6. The van der Waals surface area contributed by atoms with Crippen LogP contribution in [-0.4, -0.2) is 60.7 Å². The maximum absolute atomic E-state index is 14.2. The molecule has 0 aliphatic carbocycles. The molecule has 0 spiro atoms. The van der Waals surface area contributed by atoms with E-state index in [-0.39, 0.29) is 11.4 Å². The Bertz CT molecular complexity index is 2080. The van der Waals surface area contributed by atoms with Crippen LogP contribution in [-0.2, 0) is 29.0 Å². The number of hydrogen-bond donors (Lipinski definition) is 0. The highest BCUT2D eigenvalue weighted by Crippen LogP contribution is 2.39. The molecule has 10 nitrogen and oxygen atoms in total. The van der Waals surface area contributed by atoms with E-state index < -0.39 is 19.9 Å². The number of aryl methyl sites for hydroxylation is 1. The second-order valence-corrected chi connectivity index (χ2v) is 22.2. The fourth-order valence-corrected chi connectivity index (χ4v) is 8.96. The van der Waals surface area contributed by atoms with Gasteiger partial charge < -0.3 is 19.1 Å². The summed E-state index contributed by atoms with van der Waals surface area (Å²) in [6, 6.07) is 14.1. The first-order valence-corrected chi connectivity index (χ1v) is 22.9. The fourth-order valence-electron chi connectivity index (χ4n) is 5.60. The zero-order valence-corrected chi connectivity index (χ0v) is 33.6. The van der Waals surface area contributed by atoms with Crippen LogP contribution in [0.3, 0.4) is 0 Å². The third kappa shape index (κ3) is 8.44. The molecule has 15 heteroatoms. The van der Waals surface area contributed by atoms with Gasteiger partial charge in [0.15, 0.2) is 38.8 Å². The van der Waals surface area contributed by atoms with Gasteiger partial charge in [0.2, 0.25) is 0 Å². The highest BCUT2D eigenvalue weighted by molar-refractivity contribution is 14.1. The first kappa shape index (κ1) is 36.5. The summed E-state index contributed by atoms with van der Waals surface area (Å²) in [5.41, 5.74) is 3.38. The number of carbonyl (C=O) groups is 1. The number of esters is 1. The Kier molecular flexibility index (Phi) is 11.7. The monoisotopic (exact) mass is 846 g/mol. The van der Waals surface area contributed by atoms with Crippen molar-refractivity contribution >= 4 is 86.3 Å². The van der Waals surface area contributed by atoms with Gasteiger partial charge in [0, 0.05) is 40.8 Å². The molecule has 3 aromatic heterocycles. The number of fused-ring (bicyclic) bond motifs is 2. The largest absolute Gasteiger partial charge is 0.490 e. The van der Waals surface area contributed by atoms with Crippen molar-refractivity contribution in [3.63, 3.8) is 0 Å². The molecule has 0 atom stereocenters. The molecule has 4 heterocycles. The summed E-state index contributed by atoms with van der Waals surface area (Å²) in [6.07, 6.45) is 2.80. The molecule has 0 saturated carbocycles. The van der Waals surface area contributed by atoms with Gasteiger partial charge in [-0.1, -0.05) is 43.1 Å². The zero-order valence-electron chi connectivity index (χ0n) is 28.8. The van der Waals surface area contributed by atoms with Crippen molar-refractivity contribution in [2.24, 2.45) is 4.99 Å². The summed E-state index contributed by atoms with van der Waals surface area (Å²) in [6.45, 7) is 11.2. The molecule has 5 aromatic rings. The van der Waals surface area contributed by atoms with Crippen molar-refractivity contribution in [2.75, 3.05) is 31.8 Å². The lowest BCUT2D eigenvalue weighted by Crippen LogP contribution is -2.27. The quantitative estimate of drug-likeness (QED) is 0.0504. The van der Waals surface area contributed by atoms with E-state index in [1.807, 2.05) is 24.0 Å². The Morgan fingerprint density at radius 1 is 1.12 bits per heavy atom. The van der Waals surface area contributed by atoms with E-state index in [1.165, 1.54) is 24.5 Å². The highest BCUT2D eigenvalue weighted by atomic mass is 127. The Hall–Kier alpha value is -3.25. The van der Waals surface area contributed by atoms with Crippen molar-refractivity contribution in [1.29, 1.82) is 0 Å². The Labute approximate surface area is 313 Å². The van der Waals surface area contributed by atoms with Crippen LogP contribution in [0.4, 0.5) is 21.2 Å². The predicted molar refractivity (Wildman–Crippen MR) is 208 cm³/mol. The number of methoxy groups -OCH3 is 1. The summed E-state index contributed by atoms with van der Waals surface area (Å²) in [5.74, 6) is 0.616. The van der Waals surface area contributed by atoms with Crippen molar-refractivity contribution in [3.8, 4) is 5.75 Å². The molecule has 0 radical (unpaired) electrons. The maximum atomic E-state index is 14.2. The number of nitrogens with zero attached hydrogens (tertiary/aromatic N) is 6. The number of para-hydroxylation sites is 1. The third-order valence-corrected chi connectivity index (χ3v) is 12.9. The summed E-state index contributed by atoms with van der Waals surface area (Å²) in [4.78, 5) is 26.2. The van der Waals surface area contributed by atoms with E-state index in [4.69, 9.17) is 29.3 Å². The van der Waals surface area contributed by atoms with E-state index in [0.29, 0.717) is 43.7 Å². The van der Waals surface area contributed by atoms with Gasteiger partial charge >= 0.3 is 5.97 Å². The highest BCUT2D eigenvalue weighted by Gasteiger charge is 2.29. The van der Waals surface area contributed by atoms with Crippen LogP contribution < -0.4 is 14.4 Å². The van der Waals surface area contributed by atoms with Crippen molar-refractivity contribution in [3.05, 3.63) is 78.4 Å². The molecule has 6 rings (SSSR count). The average molecular weight is 847 g/mol. The second kappa shape index (κ2) is 16.0. The molecule has 2 aromatic carbocycles. The number of carbonyl (C=O) groups excluding carboxylic acids is 1. The van der Waals surface area contributed by atoms with Gasteiger partial charge in [0.05, 0.1) is 23.9 Å². The molecule has 1 aliphatic heterocycles. The molecule has 0 fully saturated rings. The number of ether oxygens (including phenoxy) is 3. The number of benzene rings is 2. The summed E-state index contributed by atoms with van der Waals surface area (Å²) < 4.78 is 35.2. The number of aromatic nitrogens is 4. The topological polar surface area (TPSA) is 104 Å². The minimum Gasteiger partial charge on any atom is -0.490 e. The smallest absolute Gasteiger partial charge is 0.357 e. The van der Waals surface area contributed by atoms with Gasteiger partial charge in [-0.15, -0.1) is 21.5 Å². The van der Waals surface area contributed by atoms with Crippen LogP contribution in [0.25, 0.3) is 10.2 Å². The van der Waals surface area contributed by atoms with Gasteiger partial charge in [-0.05, 0) is 91.6 Å². The summed E-state index contributed by atoms with van der Waals surface area (Å²) in [5, 5.41) is 9.97. The van der Waals surface area contributed by atoms with Gasteiger partial charge in [-0.25, -0.2) is 14.2 Å². The number of halogens is 2. The van der Waals surface area contributed by atoms with Gasteiger partial charge in [0.25, 0.3) is 0 Å². The van der Waals surface area contributed by atoms with E-state index >= 15 is 0 Å². The standard InChI is InChI=1S/C35H40FIN6O4S2Si/c1-22-24-10-8-16-42(34-38-30(33(44)45-2)29(49-34)13-9-17-47-27-20-23(37)14-15-25(27)36)32(24)41-40-31(22)39-35-43(21-46-18-19-50(3,4)5)26-11-6-7-12-28(26)48-35/h6-7,11-12,14-15,20H,8-10,13,16-19,21H2,1-5H3. The number of thiazole rings is 2. The zero-order chi connectivity index (χ0) is 35.4. The summed E-state index contributed by atoms with van der Waals surface area (Å²) >= 11 is 5.16. The SMILES string of the molecule is COC(=O)c1nc(N2CCCc3c2nnc(N=c2sc4ccccc4n2COCC[Si](C)(C)C)c3C)sc1CCCOc1cc(I)ccc1F. The van der Waals surface area contributed by atoms with E-state index in [0.717, 1.165) is 65.9 Å². The molecule has 264 valence electrons. The molecular formula is C35H40FIN6O4S2Si. The molecule has 50 heavy (non-hydrogen) atoms. The molecular weight excluding hydrogens is 807 g/mol. The van der Waals surface area contributed by atoms with Crippen molar-refractivity contribution < 1.29 is 23.4 Å². The van der Waals surface area contributed by atoms with Crippen LogP contribution in [0, 0.1) is 16.3 Å². The molecule has 0 saturated heterocycles. The molecule has 0 unspecified atom stereocenters. The van der Waals surface area contributed by atoms with Crippen LogP contribution in [0.2, 0.25) is 25.7 Å². The van der Waals surface area contributed by atoms with Crippen molar-refractivity contribution in [2.45, 2.75) is 65.0 Å². The third-order valence-electron chi connectivity index (χ3n) is 8.36. The lowest BCUT2D eigenvalue weighted by Gasteiger charge is -2.28. The van der Waals surface area contributed by atoms with E-state index in [1.54, 1.807) is 23.5 Å². The first-order chi connectivity index (χ1) is 24.0. The molecule has 0 bridgehead atoms. The maximum Gasteiger partial charge on any atom is 0.357 e. The molecule has 1 aliphatic rings. The first-order valence-electron chi connectivity index (χ1n) is 16.5. The van der Waals surface area contributed by atoms with Gasteiger partial charge in [-0.2, -0.15) is 4.99 Å². The Morgan fingerprint density at radius 2 is 1.94 bits per heavy atom. The lowest BCUT2D eigenvalue weighted by molar-refractivity contribution is 0.0593. The minimum absolute atomic E-state index is 0.216. The van der Waals surface area contributed by atoms with E-state index in [9.17, 15) is 9.18 Å². The van der Waals surface area contributed by atoms with Crippen LogP contribution in [0.15, 0.2) is 47.5 Å². The van der Waals surface area contributed by atoms with Crippen LogP contribution in [0.5, 0.6) is 5.75 Å². The predicted octanol–water partition coefficient (Wildman–Crippen LogP) is 8.43. The second-order valence-electron chi connectivity index (χ2n) is 13.2. The average Bonchev–Trinajstić information content (AvgIpc) is 3.68. The Morgan fingerprint density at radius 3 is 2.74 bits per heavy atom. The Balaban J connectivity index is 1.25. The van der Waals surface area contributed by atoms with Gasteiger partial charge in [-0.3, -0.25) is 4.57 Å². The number of anilines is 2. The van der Waals surface area contributed by atoms with Crippen LogP contribution >= 0.6 is 45.3 Å². The fraction of sp³-hybridized carbons (Fsp3) is 0.400. The van der Waals surface area contributed by atoms with Crippen molar-refractivity contribution in [1.82, 2.24) is 19.7 Å². The number of hydrogen-bond acceptors (Lipinski definition) is 11. The molecule has 0 amide bonds. The van der Waals surface area contributed by atoms with Crippen LogP contribution in [0.1, 0.15) is 39.3 Å². The number of rotatable bonds is 13. The summed E-state index contributed by atoms with van der Waals surface area (Å²) in [7, 11) is 0.138. The van der Waals surface area contributed by atoms with E-state index in [2.05, 4.69) is 64.0 Å². The molecule has 0 N–H and O–H groups in total. The van der Waals surface area contributed by atoms with Gasteiger partial charge in [0.1, 0.15) is 6.73 Å².